The summed E-state index contributed by atoms with van der Waals surface area (Å²) in [5, 5.41) is 0. The molecule has 2 saturated carbocycles. The Kier molecular flexibility index (Phi) is 4.34. The molecular formula is C24H33NO2. The lowest BCUT2D eigenvalue weighted by Crippen LogP contribution is -2.64. The zero-order valence-corrected chi connectivity index (χ0v) is 16.9. The smallest absolute Gasteiger partial charge is 0.134 e. The summed E-state index contributed by atoms with van der Waals surface area (Å²) in [5.41, 5.74) is 2.98. The van der Waals surface area contributed by atoms with Crippen LogP contribution in [-0.4, -0.2) is 36.9 Å². The molecule has 0 aromatic heterocycles. The number of likely N-dealkylation sites (tertiary alicyclic amines) is 1. The molecule has 4 atom stereocenters. The Morgan fingerprint density at radius 3 is 2.85 bits per heavy atom. The highest BCUT2D eigenvalue weighted by Gasteiger charge is 2.58. The number of fused-ring (bicyclic) bond motifs is 1. The molecule has 146 valence electrons. The highest BCUT2D eigenvalue weighted by Crippen LogP contribution is 2.58. The second-order valence-corrected chi connectivity index (χ2v) is 9.63. The van der Waals surface area contributed by atoms with Crippen LogP contribution in [0.5, 0.6) is 5.75 Å². The Hall–Kier alpha value is -1.35. The summed E-state index contributed by atoms with van der Waals surface area (Å²) in [6, 6.07) is 7.31. The maximum atomic E-state index is 12.9. The predicted octanol–water partition coefficient (Wildman–Crippen LogP) is 4.37. The van der Waals surface area contributed by atoms with Crippen LogP contribution in [0.15, 0.2) is 18.2 Å². The molecule has 3 fully saturated rings. The summed E-state index contributed by atoms with van der Waals surface area (Å²) in [6.07, 6.45) is 9.10. The first-order valence-corrected chi connectivity index (χ1v) is 11.1. The fourth-order valence-corrected chi connectivity index (χ4v) is 6.81. The molecule has 4 aliphatic rings. The molecule has 1 heterocycles. The van der Waals surface area contributed by atoms with Crippen LogP contribution in [-0.2, 0) is 16.6 Å². The third-order valence-electron chi connectivity index (χ3n) is 8.01. The number of hydrogen-bond acceptors (Lipinski definition) is 3. The van der Waals surface area contributed by atoms with Crippen LogP contribution in [0, 0.1) is 17.8 Å². The first-order chi connectivity index (χ1) is 13.1. The van der Waals surface area contributed by atoms with Gasteiger partial charge in [0.2, 0.25) is 0 Å². The largest absolute Gasteiger partial charge is 0.497 e. The molecule has 2 bridgehead atoms. The highest BCUT2D eigenvalue weighted by atomic mass is 16.5. The van der Waals surface area contributed by atoms with Gasteiger partial charge in [0.15, 0.2) is 0 Å². The summed E-state index contributed by atoms with van der Waals surface area (Å²) < 4.78 is 5.58. The third kappa shape index (κ3) is 2.85. The summed E-state index contributed by atoms with van der Waals surface area (Å²) in [7, 11) is 1.76. The van der Waals surface area contributed by atoms with Gasteiger partial charge in [0.05, 0.1) is 7.11 Å². The lowest BCUT2D eigenvalue weighted by molar-refractivity contribution is -0.132. The Morgan fingerprint density at radius 1 is 1.26 bits per heavy atom. The number of rotatable bonds is 5. The van der Waals surface area contributed by atoms with Crippen molar-refractivity contribution in [2.24, 2.45) is 17.8 Å². The van der Waals surface area contributed by atoms with Crippen molar-refractivity contribution in [1.82, 2.24) is 4.90 Å². The first kappa shape index (κ1) is 17.7. The predicted molar refractivity (Wildman–Crippen MR) is 107 cm³/mol. The van der Waals surface area contributed by atoms with Gasteiger partial charge in [-0.15, -0.1) is 0 Å². The van der Waals surface area contributed by atoms with Gasteiger partial charge in [-0.3, -0.25) is 9.69 Å². The number of Topliss-reactive ketones (excluding diaryl/α,β-unsaturated/α-hetero) is 1. The zero-order chi connectivity index (χ0) is 18.6. The van der Waals surface area contributed by atoms with E-state index >= 15 is 0 Å². The van der Waals surface area contributed by atoms with Crippen molar-refractivity contribution in [2.45, 2.75) is 69.7 Å². The standard InChI is InChI=1S/C24H33NO2/c1-3-4-18-11-19(26)14-24-9-10-25(15-16-5-6-16)22(23(18)24)12-17-7-8-20(27-2)13-21(17)24/h7-8,13,16,18,22-23H,3-6,9-12,14-15H2,1-2H3/t18-,22?,23-,24?/m1/s1. The second kappa shape index (κ2) is 6.62. The molecule has 1 saturated heterocycles. The minimum atomic E-state index is 0.0576. The summed E-state index contributed by atoms with van der Waals surface area (Å²) in [4.78, 5) is 15.7. The molecule has 5 rings (SSSR count). The van der Waals surface area contributed by atoms with Gasteiger partial charge in [-0.1, -0.05) is 19.4 Å². The van der Waals surface area contributed by atoms with Crippen molar-refractivity contribution in [2.75, 3.05) is 20.2 Å². The Morgan fingerprint density at radius 2 is 2.11 bits per heavy atom. The van der Waals surface area contributed by atoms with Crippen LogP contribution in [0.1, 0.15) is 63.0 Å². The maximum absolute atomic E-state index is 12.9. The van der Waals surface area contributed by atoms with Gasteiger partial charge in [0.1, 0.15) is 11.5 Å². The van der Waals surface area contributed by atoms with E-state index in [2.05, 4.69) is 30.0 Å². The van der Waals surface area contributed by atoms with Crippen LogP contribution in [0.25, 0.3) is 0 Å². The molecule has 0 radical (unpaired) electrons. The number of nitrogens with zero attached hydrogens (tertiary/aromatic N) is 1. The topological polar surface area (TPSA) is 29.5 Å². The van der Waals surface area contributed by atoms with Crippen molar-refractivity contribution >= 4 is 5.78 Å². The summed E-state index contributed by atoms with van der Waals surface area (Å²) in [6.45, 7) is 4.74. The molecule has 0 N–H and O–H groups in total. The average Bonchev–Trinajstić information content (AvgIpc) is 3.47. The van der Waals surface area contributed by atoms with E-state index < -0.39 is 0 Å². The minimum Gasteiger partial charge on any atom is -0.497 e. The highest BCUT2D eigenvalue weighted by molar-refractivity contribution is 5.82. The average molecular weight is 368 g/mol. The maximum Gasteiger partial charge on any atom is 0.134 e. The molecule has 2 unspecified atom stereocenters. The van der Waals surface area contributed by atoms with E-state index in [1.54, 1.807) is 7.11 Å². The van der Waals surface area contributed by atoms with Crippen LogP contribution in [0.2, 0.25) is 0 Å². The Bertz CT molecular complexity index is 740. The lowest BCUT2D eigenvalue weighted by atomic mass is 9.48. The number of hydrogen-bond donors (Lipinski definition) is 0. The van der Waals surface area contributed by atoms with E-state index in [9.17, 15) is 4.79 Å². The van der Waals surface area contributed by atoms with Crippen molar-refractivity contribution in [3.8, 4) is 5.75 Å². The van der Waals surface area contributed by atoms with Crippen molar-refractivity contribution in [1.29, 1.82) is 0 Å². The van der Waals surface area contributed by atoms with Crippen LogP contribution < -0.4 is 4.74 Å². The first-order valence-electron chi connectivity index (χ1n) is 11.1. The van der Waals surface area contributed by atoms with Crippen molar-refractivity contribution in [3.05, 3.63) is 29.3 Å². The van der Waals surface area contributed by atoms with E-state index in [1.807, 2.05) is 0 Å². The third-order valence-corrected chi connectivity index (χ3v) is 8.01. The van der Waals surface area contributed by atoms with Gasteiger partial charge >= 0.3 is 0 Å². The minimum absolute atomic E-state index is 0.0576. The number of carbonyl (C=O) groups excluding carboxylic acids is 1. The van der Waals surface area contributed by atoms with Crippen LogP contribution in [0.4, 0.5) is 0 Å². The van der Waals surface area contributed by atoms with Gasteiger partial charge in [-0.2, -0.15) is 0 Å². The zero-order valence-electron chi connectivity index (χ0n) is 16.9. The molecule has 1 aromatic rings. The molecule has 3 aliphatic carbocycles. The quantitative estimate of drug-likeness (QED) is 0.774. The number of benzene rings is 1. The summed E-state index contributed by atoms with van der Waals surface area (Å²) in [5.74, 6) is 3.58. The lowest BCUT2D eigenvalue weighted by Gasteiger charge is -2.61. The molecule has 1 aromatic carbocycles. The normalized spacial score (nSPS) is 35.5. The van der Waals surface area contributed by atoms with Crippen LogP contribution >= 0.6 is 0 Å². The van der Waals surface area contributed by atoms with Gasteiger partial charge in [-0.25, -0.2) is 0 Å². The molecule has 0 amide bonds. The molecule has 1 aliphatic heterocycles. The van der Waals surface area contributed by atoms with Gasteiger partial charge in [0.25, 0.3) is 0 Å². The Balaban J connectivity index is 1.61. The summed E-state index contributed by atoms with van der Waals surface area (Å²) >= 11 is 0. The molecule has 0 spiro atoms. The second-order valence-electron chi connectivity index (χ2n) is 9.63. The van der Waals surface area contributed by atoms with Crippen molar-refractivity contribution in [3.63, 3.8) is 0 Å². The molecule has 27 heavy (non-hydrogen) atoms. The number of ketones is 1. The van der Waals surface area contributed by atoms with Crippen molar-refractivity contribution < 1.29 is 9.53 Å². The number of methoxy groups -OCH3 is 1. The molecular weight excluding hydrogens is 334 g/mol. The van der Waals surface area contributed by atoms with Crippen LogP contribution in [0.3, 0.4) is 0 Å². The fourth-order valence-electron chi connectivity index (χ4n) is 6.81. The molecule has 3 heteroatoms. The number of carbonyl (C=O) groups is 1. The van der Waals surface area contributed by atoms with Gasteiger partial charge in [0, 0.05) is 30.8 Å². The fraction of sp³-hybridized carbons (Fsp3) is 0.708. The van der Waals surface area contributed by atoms with E-state index in [-0.39, 0.29) is 5.41 Å². The van der Waals surface area contributed by atoms with Gasteiger partial charge in [-0.05, 0) is 79.7 Å². The monoisotopic (exact) mass is 367 g/mol. The molecule has 3 nitrogen and oxygen atoms in total. The number of piperidine rings is 1. The van der Waals surface area contributed by atoms with E-state index in [1.165, 1.54) is 49.9 Å². The van der Waals surface area contributed by atoms with Gasteiger partial charge < -0.3 is 4.74 Å². The number of ether oxygens (including phenoxy) is 1. The Labute approximate surface area is 163 Å². The van der Waals surface area contributed by atoms with E-state index in [0.717, 1.165) is 37.4 Å². The van der Waals surface area contributed by atoms with E-state index in [0.29, 0.717) is 23.7 Å². The van der Waals surface area contributed by atoms with E-state index in [4.69, 9.17) is 4.74 Å². The SMILES string of the molecule is CCC[C@@H]1CC(=O)CC23CCN(CC4CC4)C(Cc4ccc(OC)cc42)[C@@H]13.